The predicted octanol–water partition coefficient (Wildman–Crippen LogP) is 6.17. The van der Waals surface area contributed by atoms with Gasteiger partial charge in [-0.1, -0.05) is 84.9 Å². The van der Waals surface area contributed by atoms with Crippen LogP contribution >= 0.6 is 0 Å². The number of fused-ring (bicyclic) bond motifs is 2. The van der Waals surface area contributed by atoms with Gasteiger partial charge in [-0.2, -0.15) is 0 Å². The highest BCUT2D eigenvalue weighted by atomic mass is 16.1. The van der Waals surface area contributed by atoms with Crippen molar-refractivity contribution in [3.63, 3.8) is 0 Å². The number of ketones is 2. The van der Waals surface area contributed by atoms with Gasteiger partial charge in [-0.25, -0.2) is 0 Å². The van der Waals surface area contributed by atoms with Gasteiger partial charge in [-0.3, -0.25) is 9.59 Å². The highest BCUT2D eigenvalue weighted by molar-refractivity contribution is 6.07. The lowest BCUT2D eigenvalue weighted by Crippen LogP contribution is -2.63. The van der Waals surface area contributed by atoms with Crippen LogP contribution in [0.5, 0.6) is 0 Å². The molecule has 6 rings (SSSR count). The lowest BCUT2D eigenvalue weighted by molar-refractivity contribution is 0.0839. The molecule has 0 amide bonds. The van der Waals surface area contributed by atoms with Crippen LogP contribution in [0.2, 0.25) is 0 Å². The molecule has 2 aliphatic heterocycles. The second-order valence-electron chi connectivity index (χ2n) is 9.08. The van der Waals surface area contributed by atoms with E-state index in [-0.39, 0.29) is 24.4 Å². The number of carbonyl (C=O) groups excluding carboxylic acids is 2. The summed E-state index contributed by atoms with van der Waals surface area (Å²) in [5, 5.41) is 7.56. The number of rotatable bonds is 3. The van der Waals surface area contributed by atoms with Crippen LogP contribution in [0.4, 0.5) is 11.4 Å². The first-order valence-corrected chi connectivity index (χ1v) is 11.5. The Kier molecular flexibility index (Phi) is 4.63. The van der Waals surface area contributed by atoms with Gasteiger partial charge in [0.15, 0.2) is 11.6 Å². The quantitative estimate of drug-likeness (QED) is 0.396. The third-order valence-electron chi connectivity index (χ3n) is 7.26. The SMILES string of the molecule is O=C1CC(c2ccccc2)(C2(c3ccccc3)CC(=O)c3ccccc3N2)Nc2ccccc21. The molecule has 166 valence electrons. The summed E-state index contributed by atoms with van der Waals surface area (Å²) < 4.78 is 0. The van der Waals surface area contributed by atoms with Gasteiger partial charge in [-0.15, -0.1) is 0 Å². The maximum atomic E-state index is 13.7. The fraction of sp³-hybridized carbons (Fsp3) is 0.133. The standard InChI is InChI=1S/C30H24N2O2/c33-27-19-29(21-11-3-1-4-12-21,31-25-17-9-7-15-23(25)27)30(22-13-5-2-6-14-22)20-28(34)24-16-8-10-18-26(24)32-30/h1-18,31-32H,19-20H2. The first-order chi connectivity index (χ1) is 16.6. The van der Waals surface area contributed by atoms with Gasteiger partial charge < -0.3 is 10.6 Å². The van der Waals surface area contributed by atoms with E-state index >= 15 is 0 Å². The molecule has 4 heteroatoms. The number of para-hydroxylation sites is 2. The summed E-state index contributed by atoms with van der Waals surface area (Å²) in [5.74, 6) is 0.114. The number of hydrogen-bond acceptors (Lipinski definition) is 4. The molecule has 2 heterocycles. The Labute approximate surface area is 198 Å². The van der Waals surface area contributed by atoms with E-state index in [9.17, 15) is 9.59 Å². The maximum absolute atomic E-state index is 13.7. The zero-order valence-electron chi connectivity index (χ0n) is 18.6. The summed E-state index contributed by atoms with van der Waals surface area (Å²) >= 11 is 0. The van der Waals surface area contributed by atoms with E-state index in [2.05, 4.69) is 10.6 Å². The van der Waals surface area contributed by atoms with Crippen LogP contribution in [0.3, 0.4) is 0 Å². The molecule has 4 nitrogen and oxygen atoms in total. The molecule has 0 fully saturated rings. The normalized spacial score (nSPS) is 23.3. The molecule has 2 unspecified atom stereocenters. The zero-order valence-corrected chi connectivity index (χ0v) is 18.6. The van der Waals surface area contributed by atoms with Gasteiger partial charge in [0.05, 0.1) is 11.1 Å². The first-order valence-electron chi connectivity index (χ1n) is 11.5. The van der Waals surface area contributed by atoms with Crippen molar-refractivity contribution >= 4 is 22.9 Å². The van der Waals surface area contributed by atoms with Crippen molar-refractivity contribution in [2.45, 2.75) is 23.9 Å². The van der Waals surface area contributed by atoms with E-state index in [0.717, 1.165) is 22.5 Å². The number of anilines is 2. The van der Waals surface area contributed by atoms with Crippen molar-refractivity contribution in [2.24, 2.45) is 0 Å². The van der Waals surface area contributed by atoms with Crippen molar-refractivity contribution in [2.75, 3.05) is 10.6 Å². The molecule has 0 saturated carbocycles. The Morgan fingerprint density at radius 2 is 0.824 bits per heavy atom. The fourth-order valence-electron chi connectivity index (χ4n) is 5.69. The van der Waals surface area contributed by atoms with E-state index in [0.29, 0.717) is 11.1 Å². The predicted molar refractivity (Wildman–Crippen MR) is 134 cm³/mol. The summed E-state index contributed by atoms with van der Waals surface area (Å²) in [7, 11) is 0. The van der Waals surface area contributed by atoms with Crippen molar-refractivity contribution in [3.8, 4) is 0 Å². The second-order valence-corrected chi connectivity index (χ2v) is 9.08. The number of nitrogens with one attached hydrogen (secondary N) is 2. The molecule has 2 N–H and O–H groups in total. The Morgan fingerprint density at radius 1 is 0.471 bits per heavy atom. The highest BCUT2D eigenvalue weighted by Crippen LogP contribution is 2.54. The summed E-state index contributed by atoms with van der Waals surface area (Å²) in [5.41, 5.74) is 3.05. The van der Waals surface area contributed by atoms with E-state index in [1.54, 1.807) is 0 Å². The van der Waals surface area contributed by atoms with Gasteiger partial charge in [0.1, 0.15) is 0 Å². The molecule has 0 spiro atoms. The summed E-state index contributed by atoms with van der Waals surface area (Å²) in [6.07, 6.45) is 0.427. The van der Waals surface area contributed by atoms with Crippen LogP contribution in [-0.2, 0) is 11.1 Å². The third-order valence-corrected chi connectivity index (χ3v) is 7.26. The van der Waals surface area contributed by atoms with E-state index in [4.69, 9.17) is 0 Å². The molecule has 34 heavy (non-hydrogen) atoms. The van der Waals surface area contributed by atoms with E-state index in [1.165, 1.54) is 0 Å². The number of hydrogen-bond donors (Lipinski definition) is 2. The average Bonchev–Trinajstić information content (AvgIpc) is 2.89. The van der Waals surface area contributed by atoms with Crippen molar-refractivity contribution in [3.05, 3.63) is 131 Å². The van der Waals surface area contributed by atoms with Gasteiger partial charge in [0, 0.05) is 35.3 Å². The molecule has 0 aromatic heterocycles. The number of carbonyl (C=O) groups is 2. The molecular formula is C30H24N2O2. The van der Waals surface area contributed by atoms with Crippen molar-refractivity contribution in [1.82, 2.24) is 0 Å². The van der Waals surface area contributed by atoms with Crippen LogP contribution in [0.25, 0.3) is 0 Å². The second kappa shape index (κ2) is 7.70. The Balaban J connectivity index is 1.67. The van der Waals surface area contributed by atoms with Crippen LogP contribution in [-0.4, -0.2) is 11.6 Å². The fourth-order valence-corrected chi connectivity index (χ4v) is 5.69. The number of benzene rings is 4. The summed E-state index contributed by atoms with van der Waals surface area (Å²) in [6.45, 7) is 0. The van der Waals surface area contributed by atoms with Crippen molar-refractivity contribution < 1.29 is 9.59 Å². The zero-order chi connectivity index (χ0) is 23.2. The minimum absolute atomic E-state index is 0.0571. The summed E-state index contributed by atoms with van der Waals surface area (Å²) in [4.78, 5) is 27.3. The molecule has 2 atom stereocenters. The lowest BCUT2D eigenvalue weighted by atomic mass is 9.60. The average molecular weight is 445 g/mol. The maximum Gasteiger partial charge on any atom is 0.167 e. The highest BCUT2D eigenvalue weighted by Gasteiger charge is 2.59. The van der Waals surface area contributed by atoms with Gasteiger partial charge in [-0.05, 0) is 35.4 Å². The molecule has 0 bridgehead atoms. The molecular weight excluding hydrogens is 420 g/mol. The molecule has 2 aliphatic rings. The minimum Gasteiger partial charge on any atom is -0.372 e. The Morgan fingerprint density at radius 3 is 1.24 bits per heavy atom. The molecule has 0 saturated heterocycles. The smallest absolute Gasteiger partial charge is 0.167 e. The lowest BCUT2D eigenvalue weighted by Gasteiger charge is -2.55. The van der Waals surface area contributed by atoms with Crippen LogP contribution in [0.15, 0.2) is 109 Å². The van der Waals surface area contributed by atoms with E-state index in [1.807, 2.05) is 109 Å². The van der Waals surface area contributed by atoms with Gasteiger partial charge in [0.2, 0.25) is 0 Å². The van der Waals surface area contributed by atoms with Gasteiger partial charge >= 0.3 is 0 Å². The van der Waals surface area contributed by atoms with E-state index < -0.39 is 11.1 Å². The molecule has 4 aromatic rings. The Bertz CT molecular complexity index is 1290. The van der Waals surface area contributed by atoms with Crippen LogP contribution < -0.4 is 10.6 Å². The third kappa shape index (κ3) is 2.92. The first kappa shape index (κ1) is 20.4. The number of Topliss-reactive ketones (excluding diaryl/α,β-unsaturated/α-hetero) is 2. The molecule has 4 aromatic carbocycles. The summed E-state index contributed by atoms with van der Waals surface area (Å²) in [6, 6.07) is 35.3. The monoisotopic (exact) mass is 444 g/mol. The van der Waals surface area contributed by atoms with Gasteiger partial charge in [0.25, 0.3) is 0 Å². The Hall–Kier alpha value is -4.18. The largest absolute Gasteiger partial charge is 0.372 e. The van der Waals surface area contributed by atoms with Crippen LogP contribution in [0, 0.1) is 0 Å². The minimum atomic E-state index is -0.899. The molecule has 0 radical (unpaired) electrons. The topological polar surface area (TPSA) is 58.2 Å². The van der Waals surface area contributed by atoms with Crippen molar-refractivity contribution in [1.29, 1.82) is 0 Å². The van der Waals surface area contributed by atoms with Crippen LogP contribution in [0.1, 0.15) is 44.7 Å². The molecule has 0 aliphatic carbocycles.